The summed E-state index contributed by atoms with van der Waals surface area (Å²) in [5.41, 5.74) is 4.94. The number of carbonyl (C=O) groups is 2. The Balaban J connectivity index is 1.66. The van der Waals surface area contributed by atoms with Crippen LogP contribution in [0.2, 0.25) is 0 Å². The van der Waals surface area contributed by atoms with Crippen molar-refractivity contribution in [3.63, 3.8) is 0 Å². The van der Waals surface area contributed by atoms with Crippen molar-refractivity contribution in [2.45, 2.75) is 33.6 Å². The third-order valence-electron chi connectivity index (χ3n) is 5.12. The number of aryl methyl sites for hydroxylation is 3. The molecule has 4 nitrogen and oxygen atoms in total. The van der Waals surface area contributed by atoms with Gasteiger partial charge in [-0.25, -0.2) is 0 Å². The molecule has 26 heavy (non-hydrogen) atoms. The average molecular weight is 350 g/mol. The van der Waals surface area contributed by atoms with Gasteiger partial charge in [-0.05, 0) is 69.0 Å². The number of anilines is 1. The lowest BCUT2D eigenvalue weighted by Gasteiger charge is -2.32. The maximum Gasteiger partial charge on any atom is 0.253 e. The second-order valence-corrected chi connectivity index (χ2v) is 7.25. The fraction of sp³-hybridized carbons (Fsp3) is 0.364. The van der Waals surface area contributed by atoms with Crippen molar-refractivity contribution in [2.75, 3.05) is 18.4 Å². The quantitative estimate of drug-likeness (QED) is 0.906. The number of piperidine rings is 1. The summed E-state index contributed by atoms with van der Waals surface area (Å²) in [6.45, 7) is 7.25. The first-order valence-electron chi connectivity index (χ1n) is 9.18. The van der Waals surface area contributed by atoms with Crippen LogP contribution in [0, 0.1) is 26.7 Å². The number of nitrogens with zero attached hydrogens (tertiary/aromatic N) is 1. The molecular formula is C22H26N2O2. The molecule has 4 heteroatoms. The third kappa shape index (κ3) is 4.13. The number of amides is 2. The van der Waals surface area contributed by atoms with E-state index in [0.29, 0.717) is 18.7 Å². The van der Waals surface area contributed by atoms with Crippen molar-refractivity contribution in [2.24, 2.45) is 5.92 Å². The van der Waals surface area contributed by atoms with Gasteiger partial charge < -0.3 is 10.2 Å². The molecule has 2 aromatic rings. The molecule has 3 rings (SSSR count). The van der Waals surface area contributed by atoms with E-state index in [1.807, 2.05) is 61.2 Å². The summed E-state index contributed by atoms with van der Waals surface area (Å²) in [6.07, 6.45) is 1.66. The molecule has 1 fully saturated rings. The van der Waals surface area contributed by atoms with Gasteiger partial charge in [-0.3, -0.25) is 9.59 Å². The van der Waals surface area contributed by atoms with Gasteiger partial charge in [-0.1, -0.05) is 23.8 Å². The molecule has 0 spiro atoms. The Labute approximate surface area is 155 Å². The van der Waals surface area contributed by atoms with Crippen LogP contribution in [0.3, 0.4) is 0 Å². The van der Waals surface area contributed by atoms with E-state index in [0.717, 1.165) is 29.7 Å². The van der Waals surface area contributed by atoms with Crippen LogP contribution in [0.5, 0.6) is 0 Å². The number of nitrogens with one attached hydrogen (secondary N) is 1. The molecule has 136 valence electrons. The third-order valence-corrected chi connectivity index (χ3v) is 5.12. The smallest absolute Gasteiger partial charge is 0.253 e. The van der Waals surface area contributed by atoms with Crippen LogP contribution in [0.15, 0.2) is 42.5 Å². The lowest BCUT2D eigenvalue weighted by Crippen LogP contribution is -2.43. The summed E-state index contributed by atoms with van der Waals surface area (Å²) >= 11 is 0. The van der Waals surface area contributed by atoms with E-state index < -0.39 is 0 Å². The van der Waals surface area contributed by atoms with Gasteiger partial charge in [0.25, 0.3) is 5.91 Å². The molecule has 1 saturated heterocycles. The molecule has 0 saturated carbocycles. The van der Waals surface area contributed by atoms with Crippen molar-refractivity contribution >= 4 is 17.5 Å². The molecule has 0 aromatic heterocycles. The highest BCUT2D eigenvalue weighted by Crippen LogP contribution is 2.22. The van der Waals surface area contributed by atoms with Gasteiger partial charge in [0, 0.05) is 24.3 Å². The summed E-state index contributed by atoms with van der Waals surface area (Å²) in [4.78, 5) is 27.2. The second kappa shape index (κ2) is 7.73. The number of carbonyl (C=O) groups excluding carboxylic acids is 2. The first-order chi connectivity index (χ1) is 12.4. The molecule has 2 amide bonds. The van der Waals surface area contributed by atoms with Crippen molar-refractivity contribution in [1.82, 2.24) is 4.90 Å². The van der Waals surface area contributed by atoms with Crippen LogP contribution in [-0.2, 0) is 4.79 Å². The monoisotopic (exact) mass is 350 g/mol. The number of likely N-dealkylation sites (tertiary alicyclic amines) is 1. The summed E-state index contributed by atoms with van der Waals surface area (Å²) in [6, 6.07) is 13.6. The largest absolute Gasteiger partial charge is 0.338 e. The molecule has 1 N–H and O–H groups in total. The van der Waals surface area contributed by atoms with Crippen molar-refractivity contribution in [3.05, 3.63) is 64.7 Å². The summed E-state index contributed by atoms with van der Waals surface area (Å²) in [5, 5.41) is 3.01. The Morgan fingerprint density at radius 2 is 1.85 bits per heavy atom. The lowest BCUT2D eigenvalue weighted by atomic mass is 9.96. The van der Waals surface area contributed by atoms with E-state index in [9.17, 15) is 9.59 Å². The van der Waals surface area contributed by atoms with Gasteiger partial charge in [0.05, 0.1) is 5.92 Å². The van der Waals surface area contributed by atoms with Crippen LogP contribution in [0.4, 0.5) is 5.69 Å². The molecule has 0 bridgehead atoms. The zero-order chi connectivity index (χ0) is 18.7. The van der Waals surface area contributed by atoms with E-state index in [4.69, 9.17) is 0 Å². The van der Waals surface area contributed by atoms with Crippen LogP contribution >= 0.6 is 0 Å². The maximum atomic E-state index is 12.8. The van der Waals surface area contributed by atoms with Gasteiger partial charge in [-0.15, -0.1) is 0 Å². The van der Waals surface area contributed by atoms with E-state index in [-0.39, 0.29) is 17.7 Å². The van der Waals surface area contributed by atoms with Gasteiger partial charge in [-0.2, -0.15) is 0 Å². The Morgan fingerprint density at radius 1 is 1.04 bits per heavy atom. The highest BCUT2D eigenvalue weighted by atomic mass is 16.2. The minimum atomic E-state index is -0.167. The van der Waals surface area contributed by atoms with Crippen molar-refractivity contribution in [1.29, 1.82) is 0 Å². The summed E-state index contributed by atoms with van der Waals surface area (Å²) in [5.74, 6) is -0.161. The highest BCUT2D eigenvalue weighted by molar-refractivity contribution is 5.96. The first kappa shape index (κ1) is 18.2. The molecule has 1 unspecified atom stereocenters. The molecule has 1 atom stereocenters. The van der Waals surface area contributed by atoms with Crippen LogP contribution in [0.1, 0.15) is 39.9 Å². The number of rotatable bonds is 3. The molecule has 0 aliphatic carbocycles. The zero-order valence-corrected chi connectivity index (χ0v) is 15.7. The predicted molar refractivity (Wildman–Crippen MR) is 104 cm³/mol. The molecule has 1 heterocycles. The van der Waals surface area contributed by atoms with Crippen LogP contribution < -0.4 is 5.32 Å². The molecular weight excluding hydrogens is 324 g/mol. The Hall–Kier alpha value is -2.62. The van der Waals surface area contributed by atoms with Crippen molar-refractivity contribution < 1.29 is 9.59 Å². The maximum absolute atomic E-state index is 12.8. The fourth-order valence-corrected chi connectivity index (χ4v) is 3.40. The molecule has 1 aliphatic rings. The second-order valence-electron chi connectivity index (χ2n) is 7.25. The van der Waals surface area contributed by atoms with Crippen LogP contribution in [0.25, 0.3) is 0 Å². The van der Waals surface area contributed by atoms with Gasteiger partial charge in [0.1, 0.15) is 0 Å². The molecule has 0 radical (unpaired) electrons. The van der Waals surface area contributed by atoms with Crippen LogP contribution in [-0.4, -0.2) is 29.8 Å². The lowest BCUT2D eigenvalue weighted by molar-refractivity contribution is -0.121. The number of hydrogen-bond donors (Lipinski definition) is 1. The van der Waals surface area contributed by atoms with E-state index in [1.165, 1.54) is 5.56 Å². The normalized spacial score (nSPS) is 17.0. The zero-order valence-electron chi connectivity index (χ0n) is 15.7. The van der Waals surface area contributed by atoms with E-state index >= 15 is 0 Å². The van der Waals surface area contributed by atoms with Crippen molar-refractivity contribution in [3.8, 4) is 0 Å². The number of benzene rings is 2. The fourth-order valence-electron chi connectivity index (χ4n) is 3.40. The standard InChI is InChI=1S/C22H26N2O2/c1-15-6-4-7-18(12-15)22(26)24-11-5-8-19(14-24)21(25)23-20-10-9-16(2)17(3)13-20/h4,6-7,9-10,12-13,19H,5,8,11,14H2,1-3H3,(H,23,25). The van der Waals surface area contributed by atoms with E-state index in [2.05, 4.69) is 12.2 Å². The van der Waals surface area contributed by atoms with Gasteiger partial charge >= 0.3 is 0 Å². The number of hydrogen-bond acceptors (Lipinski definition) is 2. The minimum absolute atomic E-state index is 0.00463. The van der Waals surface area contributed by atoms with Gasteiger partial charge in [0.15, 0.2) is 0 Å². The predicted octanol–water partition coefficient (Wildman–Crippen LogP) is 4.10. The summed E-state index contributed by atoms with van der Waals surface area (Å²) in [7, 11) is 0. The summed E-state index contributed by atoms with van der Waals surface area (Å²) < 4.78 is 0. The van der Waals surface area contributed by atoms with Gasteiger partial charge in [0.2, 0.25) is 5.91 Å². The topological polar surface area (TPSA) is 49.4 Å². The Kier molecular flexibility index (Phi) is 5.40. The average Bonchev–Trinajstić information content (AvgIpc) is 2.64. The minimum Gasteiger partial charge on any atom is -0.338 e. The Morgan fingerprint density at radius 3 is 2.58 bits per heavy atom. The Bertz CT molecular complexity index is 829. The first-order valence-corrected chi connectivity index (χ1v) is 9.18. The van der Waals surface area contributed by atoms with E-state index in [1.54, 1.807) is 0 Å². The highest BCUT2D eigenvalue weighted by Gasteiger charge is 2.29. The SMILES string of the molecule is Cc1cccc(C(=O)N2CCCC(C(=O)Nc3ccc(C)c(C)c3)C2)c1. The molecule has 2 aromatic carbocycles. The molecule has 1 aliphatic heterocycles.